The molecule has 0 aromatic heterocycles. The Morgan fingerprint density at radius 3 is 2.45 bits per heavy atom. The lowest BCUT2D eigenvalue weighted by atomic mass is 9.96. The molecular weight excluding hydrogens is 276 g/mol. The minimum absolute atomic E-state index is 0.0292. The zero-order chi connectivity index (χ0) is 15.9. The first kappa shape index (κ1) is 16.8. The predicted octanol–water partition coefficient (Wildman–Crippen LogP) is 2.90. The van der Waals surface area contributed by atoms with Crippen LogP contribution < -0.4 is 15.4 Å². The number of hydrogen-bond donors (Lipinski definition) is 2. The van der Waals surface area contributed by atoms with Crippen molar-refractivity contribution in [3.63, 3.8) is 0 Å². The summed E-state index contributed by atoms with van der Waals surface area (Å²) in [6.45, 7) is 8.90. The molecule has 1 unspecified atom stereocenters. The van der Waals surface area contributed by atoms with Crippen molar-refractivity contribution in [2.45, 2.75) is 39.7 Å². The molecule has 4 nitrogen and oxygen atoms in total. The fourth-order valence-corrected chi connectivity index (χ4v) is 2.61. The van der Waals surface area contributed by atoms with Crippen molar-refractivity contribution in [1.29, 1.82) is 0 Å². The van der Waals surface area contributed by atoms with Gasteiger partial charge in [0.15, 0.2) is 0 Å². The second-order valence-corrected chi connectivity index (χ2v) is 6.53. The number of piperidine rings is 1. The number of benzene rings is 1. The molecule has 1 aromatic carbocycles. The quantitative estimate of drug-likeness (QED) is 0.849. The first-order valence-corrected chi connectivity index (χ1v) is 8.30. The zero-order valence-corrected chi connectivity index (χ0v) is 13.9. The van der Waals surface area contributed by atoms with Crippen LogP contribution in [0.3, 0.4) is 0 Å². The normalized spacial score (nSPS) is 17.3. The molecule has 4 heteroatoms. The average Bonchev–Trinajstić information content (AvgIpc) is 2.54. The smallest absolute Gasteiger partial charge is 0.223 e. The predicted molar refractivity (Wildman–Crippen MR) is 88.9 cm³/mol. The maximum absolute atomic E-state index is 12.3. The van der Waals surface area contributed by atoms with E-state index in [4.69, 9.17) is 4.74 Å². The number of carbonyl (C=O) groups excluding carboxylic acids is 1. The van der Waals surface area contributed by atoms with E-state index in [9.17, 15) is 4.79 Å². The Balaban J connectivity index is 1.86. The van der Waals surface area contributed by atoms with Crippen LogP contribution in [-0.4, -0.2) is 25.6 Å². The summed E-state index contributed by atoms with van der Waals surface area (Å²) in [6, 6.07) is 8.04. The Morgan fingerprint density at radius 2 is 1.86 bits per heavy atom. The van der Waals surface area contributed by atoms with Crippen molar-refractivity contribution >= 4 is 5.91 Å². The second kappa shape index (κ2) is 8.18. The lowest BCUT2D eigenvalue weighted by Gasteiger charge is -2.24. The first-order chi connectivity index (χ1) is 10.6. The van der Waals surface area contributed by atoms with Crippen LogP contribution in [0.5, 0.6) is 5.75 Å². The molecule has 0 saturated carbocycles. The summed E-state index contributed by atoms with van der Waals surface area (Å²) in [5.74, 6) is 1.73. The highest BCUT2D eigenvalue weighted by Crippen LogP contribution is 2.20. The zero-order valence-electron chi connectivity index (χ0n) is 13.9. The van der Waals surface area contributed by atoms with Crippen molar-refractivity contribution in [1.82, 2.24) is 10.6 Å². The van der Waals surface area contributed by atoms with Crippen molar-refractivity contribution in [2.24, 2.45) is 11.8 Å². The first-order valence-electron chi connectivity index (χ1n) is 8.30. The molecule has 2 rings (SSSR count). The van der Waals surface area contributed by atoms with Gasteiger partial charge in [-0.05, 0) is 56.5 Å². The molecule has 0 aliphatic carbocycles. The maximum atomic E-state index is 12.3. The molecule has 22 heavy (non-hydrogen) atoms. The van der Waals surface area contributed by atoms with Gasteiger partial charge in [0.1, 0.15) is 5.75 Å². The second-order valence-electron chi connectivity index (χ2n) is 6.53. The highest BCUT2D eigenvalue weighted by atomic mass is 16.5. The van der Waals surface area contributed by atoms with Crippen LogP contribution in [0.4, 0.5) is 0 Å². The Labute approximate surface area is 133 Å². The van der Waals surface area contributed by atoms with Crippen molar-refractivity contribution in [2.75, 3.05) is 19.7 Å². The van der Waals surface area contributed by atoms with E-state index in [1.165, 1.54) is 0 Å². The minimum Gasteiger partial charge on any atom is -0.493 e. The van der Waals surface area contributed by atoms with E-state index in [1.54, 1.807) is 0 Å². The van der Waals surface area contributed by atoms with Gasteiger partial charge in [-0.25, -0.2) is 0 Å². The number of nitrogens with one attached hydrogen (secondary N) is 2. The summed E-state index contributed by atoms with van der Waals surface area (Å²) in [4.78, 5) is 12.3. The topological polar surface area (TPSA) is 50.4 Å². The maximum Gasteiger partial charge on any atom is 0.223 e. The average molecular weight is 304 g/mol. The summed E-state index contributed by atoms with van der Waals surface area (Å²) in [7, 11) is 0. The number of amides is 1. The van der Waals surface area contributed by atoms with E-state index in [0.717, 1.165) is 43.9 Å². The minimum atomic E-state index is 0.0292. The third kappa shape index (κ3) is 5.02. The van der Waals surface area contributed by atoms with Crippen LogP contribution >= 0.6 is 0 Å². The van der Waals surface area contributed by atoms with Gasteiger partial charge in [0.05, 0.1) is 12.6 Å². The van der Waals surface area contributed by atoms with E-state index < -0.39 is 0 Å². The molecule has 1 aliphatic rings. The van der Waals surface area contributed by atoms with Gasteiger partial charge in [0.25, 0.3) is 0 Å². The molecule has 122 valence electrons. The number of ether oxygens (including phenoxy) is 1. The summed E-state index contributed by atoms with van der Waals surface area (Å²) in [5, 5.41) is 6.41. The van der Waals surface area contributed by atoms with Gasteiger partial charge < -0.3 is 15.4 Å². The highest BCUT2D eigenvalue weighted by Gasteiger charge is 2.22. The SMILES string of the molecule is CC(C)COc1ccc(C(C)NC(=O)C2CCNCC2)cc1. The van der Waals surface area contributed by atoms with Gasteiger partial charge in [-0.2, -0.15) is 0 Å². The number of hydrogen-bond acceptors (Lipinski definition) is 3. The third-order valence-corrected chi connectivity index (χ3v) is 4.03. The highest BCUT2D eigenvalue weighted by molar-refractivity contribution is 5.79. The number of rotatable bonds is 6. The van der Waals surface area contributed by atoms with Crippen LogP contribution in [-0.2, 0) is 4.79 Å². The van der Waals surface area contributed by atoms with Crippen LogP contribution in [0.1, 0.15) is 45.2 Å². The summed E-state index contributed by atoms with van der Waals surface area (Å²) in [5.41, 5.74) is 1.11. The molecular formula is C18H28N2O2. The van der Waals surface area contributed by atoms with E-state index in [1.807, 2.05) is 31.2 Å². The molecule has 1 aromatic rings. The van der Waals surface area contributed by atoms with Gasteiger partial charge in [0, 0.05) is 5.92 Å². The van der Waals surface area contributed by atoms with Gasteiger partial charge in [-0.3, -0.25) is 4.79 Å². The monoisotopic (exact) mass is 304 g/mol. The van der Waals surface area contributed by atoms with Crippen molar-refractivity contribution in [3.05, 3.63) is 29.8 Å². The van der Waals surface area contributed by atoms with Crippen molar-refractivity contribution < 1.29 is 9.53 Å². The van der Waals surface area contributed by atoms with Crippen LogP contribution in [0.15, 0.2) is 24.3 Å². The van der Waals surface area contributed by atoms with Gasteiger partial charge >= 0.3 is 0 Å². The number of carbonyl (C=O) groups is 1. The largest absolute Gasteiger partial charge is 0.493 e. The Hall–Kier alpha value is -1.55. The molecule has 1 atom stereocenters. The van der Waals surface area contributed by atoms with E-state index in [2.05, 4.69) is 24.5 Å². The molecule has 1 aliphatic heterocycles. The molecule has 0 bridgehead atoms. The molecule has 1 fully saturated rings. The molecule has 0 radical (unpaired) electrons. The van der Waals surface area contributed by atoms with Gasteiger partial charge in [-0.1, -0.05) is 26.0 Å². The Bertz CT molecular complexity index is 464. The fraction of sp³-hybridized carbons (Fsp3) is 0.611. The van der Waals surface area contributed by atoms with Gasteiger partial charge in [-0.15, -0.1) is 0 Å². The lowest BCUT2D eigenvalue weighted by Crippen LogP contribution is -2.39. The third-order valence-electron chi connectivity index (χ3n) is 4.03. The lowest BCUT2D eigenvalue weighted by molar-refractivity contribution is -0.126. The van der Waals surface area contributed by atoms with Crippen LogP contribution in [0.2, 0.25) is 0 Å². The Morgan fingerprint density at radius 1 is 1.23 bits per heavy atom. The van der Waals surface area contributed by atoms with Gasteiger partial charge in [0.2, 0.25) is 5.91 Å². The standard InChI is InChI=1S/C18H28N2O2/c1-13(2)12-22-17-6-4-15(5-7-17)14(3)20-18(21)16-8-10-19-11-9-16/h4-7,13-14,16,19H,8-12H2,1-3H3,(H,20,21). The van der Waals surface area contributed by atoms with Crippen LogP contribution in [0.25, 0.3) is 0 Å². The van der Waals surface area contributed by atoms with E-state index >= 15 is 0 Å². The fourth-order valence-electron chi connectivity index (χ4n) is 2.61. The molecule has 1 heterocycles. The molecule has 1 saturated heterocycles. The van der Waals surface area contributed by atoms with Crippen LogP contribution in [0, 0.1) is 11.8 Å². The summed E-state index contributed by atoms with van der Waals surface area (Å²) >= 11 is 0. The molecule has 1 amide bonds. The van der Waals surface area contributed by atoms with E-state index in [0.29, 0.717) is 5.92 Å². The molecule has 2 N–H and O–H groups in total. The molecule has 0 spiro atoms. The summed E-state index contributed by atoms with van der Waals surface area (Å²) in [6.07, 6.45) is 1.86. The summed E-state index contributed by atoms with van der Waals surface area (Å²) < 4.78 is 5.68. The van der Waals surface area contributed by atoms with E-state index in [-0.39, 0.29) is 17.9 Å². The Kier molecular flexibility index (Phi) is 6.25. The van der Waals surface area contributed by atoms with Crippen molar-refractivity contribution in [3.8, 4) is 5.75 Å².